The van der Waals surface area contributed by atoms with Crippen LogP contribution >= 0.6 is 15.9 Å². The lowest BCUT2D eigenvalue weighted by atomic mass is 9.95. The van der Waals surface area contributed by atoms with E-state index in [9.17, 15) is 13.2 Å². The van der Waals surface area contributed by atoms with Gasteiger partial charge in [-0.05, 0) is 43.2 Å². The van der Waals surface area contributed by atoms with Gasteiger partial charge in [-0.3, -0.25) is 9.52 Å². The molecule has 1 amide bonds. The summed E-state index contributed by atoms with van der Waals surface area (Å²) in [6, 6.07) is 11.5. The van der Waals surface area contributed by atoms with Crippen LogP contribution in [0.25, 0.3) is 0 Å². The van der Waals surface area contributed by atoms with E-state index in [1.54, 1.807) is 36.4 Å². The third kappa shape index (κ3) is 4.86. The average molecular weight is 467 g/mol. The van der Waals surface area contributed by atoms with Gasteiger partial charge < -0.3 is 10.1 Å². The number of methoxy groups -OCH3 is 1. The summed E-state index contributed by atoms with van der Waals surface area (Å²) in [4.78, 5) is 12.7. The van der Waals surface area contributed by atoms with Gasteiger partial charge in [-0.25, -0.2) is 8.42 Å². The van der Waals surface area contributed by atoms with Crippen LogP contribution in [0.4, 0.5) is 5.69 Å². The summed E-state index contributed by atoms with van der Waals surface area (Å²) in [6.07, 6.45) is 5.30. The lowest BCUT2D eigenvalue weighted by Gasteiger charge is -2.23. The maximum atomic E-state index is 13.0. The smallest absolute Gasteiger partial charge is 0.265 e. The first-order valence-corrected chi connectivity index (χ1v) is 11.4. The fourth-order valence-electron chi connectivity index (χ4n) is 3.34. The van der Waals surface area contributed by atoms with Crippen molar-refractivity contribution in [2.45, 2.75) is 43.0 Å². The zero-order valence-electron chi connectivity index (χ0n) is 15.6. The molecule has 3 rings (SSSR count). The van der Waals surface area contributed by atoms with Gasteiger partial charge >= 0.3 is 0 Å². The molecule has 8 heteroatoms. The summed E-state index contributed by atoms with van der Waals surface area (Å²) in [5.74, 6) is -0.0498. The molecule has 2 aromatic carbocycles. The van der Waals surface area contributed by atoms with Crippen molar-refractivity contribution in [3.05, 3.63) is 52.5 Å². The molecular weight excluding hydrogens is 444 g/mol. The van der Waals surface area contributed by atoms with E-state index in [1.165, 1.54) is 19.6 Å². The van der Waals surface area contributed by atoms with Crippen molar-refractivity contribution in [2.75, 3.05) is 11.8 Å². The monoisotopic (exact) mass is 466 g/mol. The van der Waals surface area contributed by atoms with Crippen LogP contribution in [0, 0.1) is 0 Å². The van der Waals surface area contributed by atoms with Gasteiger partial charge in [-0.15, -0.1) is 0 Å². The number of carbonyl (C=O) groups excluding carboxylic acids is 1. The first kappa shape index (κ1) is 20.7. The number of carbonyl (C=O) groups is 1. The summed E-state index contributed by atoms with van der Waals surface area (Å²) in [5.41, 5.74) is 0.531. The third-order valence-corrected chi connectivity index (χ3v) is 6.65. The molecule has 28 heavy (non-hydrogen) atoms. The predicted molar refractivity (Wildman–Crippen MR) is 112 cm³/mol. The van der Waals surface area contributed by atoms with Gasteiger partial charge in [0, 0.05) is 10.5 Å². The largest absolute Gasteiger partial charge is 0.495 e. The summed E-state index contributed by atoms with van der Waals surface area (Å²) in [7, 11) is -2.54. The molecule has 0 bridgehead atoms. The summed E-state index contributed by atoms with van der Waals surface area (Å²) in [6.45, 7) is 0. The molecule has 0 aliphatic heterocycles. The minimum atomic E-state index is -3.95. The number of amides is 1. The minimum Gasteiger partial charge on any atom is -0.495 e. The van der Waals surface area contributed by atoms with Gasteiger partial charge in [0.15, 0.2) is 0 Å². The second-order valence-electron chi connectivity index (χ2n) is 6.75. The van der Waals surface area contributed by atoms with E-state index in [0.717, 1.165) is 25.7 Å². The first-order valence-electron chi connectivity index (χ1n) is 9.17. The second kappa shape index (κ2) is 8.96. The lowest BCUT2D eigenvalue weighted by Crippen LogP contribution is -2.36. The molecule has 2 aromatic rings. The molecule has 1 fully saturated rings. The third-order valence-electron chi connectivity index (χ3n) is 4.77. The molecule has 0 unspecified atom stereocenters. The van der Waals surface area contributed by atoms with E-state index in [-0.39, 0.29) is 28.3 Å². The van der Waals surface area contributed by atoms with Crippen molar-refractivity contribution in [1.29, 1.82) is 0 Å². The van der Waals surface area contributed by atoms with Crippen LogP contribution < -0.4 is 14.8 Å². The molecule has 150 valence electrons. The van der Waals surface area contributed by atoms with Gasteiger partial charge in [0.05, 0.1) is 18.4 Å². The topological polar surface area (TPSA) is 84.5 Å². The molecule has 6 nitrogen and oxygen atoms in total. The molecule has 0 atom stereocenters. The van der Waals surface area contributed by atoms with Crippen LogP contribution in [0.2, 0.25) is 0 Å². The number of sulfonamides is 1. The maximum Gasteiger partial charge on any atom is 0.265 e. The Morgan fingerprint density at radius 1 is 1.11 bits per heavy atom. The summed E-state index contributed by atoms with van der Waals surface area (Å²) >= 11 is 3.28. The van der Waals surface area contributed by atoms with Gasteiger partial charge in [0.1, 0.15) is 10.6 Å². The molecule has 0 radical (unpaired) electrons. The Hall–Kier alpha value is -2.06. The normalized spacial score (nSPS) is 15.1. The van der Waals surface area contributed by atoms with Gasteiger partial charge in [0.25, 0.3) is 15.9 Å². The van der Waals surface area contributed by atoms with Gasteiger partial charge in [0.2, 0.25) is 0 Å². The lowest BCUT2D eigenvalue weighted by molar-refractivity contribution is 0.0928. The van der Waals surface area contributed by atoms with Crippen molar-refractivity contribution in [2.24, 2.45) is 0 Å². The molecule has 0 heterocycles. The van der Waals surface area contributed by atoms with E-state index >= 15 is 0 Å². The van der Waals surface area contributed by atoms with E-state index < -0.39 is 10.0 Å². The number of rotatable bonds is 6. The highest BCUT2D eigenvalue weighted by Gasteiger charge is 2.24. The number of benzene rings is 2. The van der Waals surface area contributed by atoms with Crippen molar-refractivity contribution in [1.82, 2.24) is 5.32 Å². The van der Waals surface area contributed by atoms with Crippen LogP contribution in [0.1, 0.15) is 42.5 Å². The Labute approximate surface area is 173 Å². The van der Waals surface area contributed by atoms with Crippen LogP contribution in [-0.4, -0.2) is 27.5 Å². The maximum absolute atomic E-state index is 13.0. The summed E-state index contributed by atoms with van der Waals surface area (Å²) < 4.78 is 34.2. The number of halogens is 1. The Bertz CT molecular complexity index is 956. The standard InChI is InChI=1S/C20H23BrN2O4S/c1-27-18-12-11-14(21)13-19(18)28(25,26)23-17-10-6-5-9-16(17)20(24)22-15-7-3-2-4-8-15/h5-6,9-13,15,23H,2-4,7-8H2,1H3,(H,22,24). The van der Waals surface area contributed by atoms with E-state index in [4.69, 9.17) is 4.74 Å². The molecule has 1 aliphatic rings. The van der Waals surface area contributed by atoms with Crippen molar-refractivity contribution in [3.8, 4) is 5.75 Å². The predicted octanol–water partition coefficient (Wildman–Crippen LogP) is 4.32. The molecular formula is C20H23BrN2O4S. The fraction of sp³-hybridized carbons (Fsp3) is 0.350. The Morgan fingerprint density at radius 2 is 1.82 bits per heavy atom. The Morgan fingerprint density at radius 3 is 2.54 bits per heavy atom. The van der Waals surface area contributed by atoms with E-state index in [2.05, 4.69) is 26.0 Å². The number of hydrogen-bond donors (Lipinski definition) is 2. The molecule has 0 saturated heterocycles. The number of ether oxygens (including phenoxy) is 1. The van der Waals surface area contributed by atoms with Crippen LogP contribution in [-0.2, 0) is 10.0 Å². The molecule has 0 aromatic heterocycles. The van der Waals surface area contributed by atoms with Crippen LogP contribution in [0.5, 0.6) is 5.75 Å². The quantitative estimate of drug-likeness (QED) is 0.663. The van der Waals surface area contributed by atoms with Crippen LogP contribution in [0.15, 0.2) is 51.8 Å². The first-order chi connectivity index (χ1) is 13.4. The zero-order valence-corrected chi connectivity index (χ0v) is 18.0. The van der Waals surface area contributed by atoms with Crippen molar-refractivity contribution < 1.29 is 17.9 Å². The highest BCUT2D eigenvalue weighted by Crippen LogP contribution is 2.30. The molecule has 2 N–H and O–H groups in total. The van der Waals surface area contributed by atoms with Gasteiger partial charge in [-0.1, -0.05) is 47.3 Å². The van der Waals surface area contributed by atoms with Crippen molar-refractivity contribution >= 4 is 37.5 Å². The zero-order chi connectivity index (χ0) is 20.1. The number of hydrogen-bond acceptors (Lipinski definition) is 4. The molecule has 1 saturated carbocycles. The molecule has 1 aliphatic carbocycles. The SMILES string of the molecule is COc1ccc(Br)cc1S(=O)(=O)Nc1ccccc1C(=O)NC1CCCCC1. The highest BCUT2D eigenvalue weighted by atomic mass is 79.9. The Balaban J connectivity index is 1.86. The molecule has 0 spiro atoms. The Kier molecular flexibility index (Phi) is 6.61. The van der Waals surface area contributed by atoms with Gasteiger partial charge in [-0.2, -0.15) is 0 Å². The second-order valence-corrected chi connectivity index (χ2v) is 9.32. The average Bonchev–Trinajstić information content (AvgIpc) is 2.69. The minimum absolute atomic E-state index is 0.00753. The fourth-order valence-corrected chi connectivity index (χ4v) is 5.13. The number of para-hydroxylation sites is 1. The van der Waals surface area contributed by atoms with E-state index in [1.807, 2.05) is 0 Å². The van der Waals surface area contributed by atoms with Crippen molar-refractivity contribution in [3.63, 3.8) is 0 Å². The summed E-state index contributed by atoms with van der Waals surface area (Å²) in [5, 5.41) is 3.03. The van der Waals surface area contributed by atoms with Crippen LogP contribution in [0.3, 0.4) is 0 Å². The number of nitrogens with one attached hydrogen (secondary N) is 2. The highest BCUT2D eigenvalue weighted by molar-refractivity contribution is 9.10. The van der Waals surface area contributed by atoms with E-state index in [0.29, 0.717) is 10.0 Å². The number of anilines is 1.